The van der Waals surface area contributed by atoms with E-state index in [0.717, 1.165) is 19.6 Å². The van der Waals surface area contributed by atoms with Crippen molar-refractivity contribution >= 4 is 5.69 Å². The van der Waals surface area contributed by atoms with Crippen molar-refractivity contribution in [2.75, 3.05) is 18.4 Å². The van der Waals surface area contributed by atoms with E-state index in [9.17, 15) is 0 Å². The third-order valence-corrected chi connectivity index (χ3v) is 4.63. The molecule has 0 bridgehead atoms. The molecule has 1 aliphatic rings. The number of para-hydroxylation sites is 1. The summed E-state index contributed by atoms with van der Waals surface area (Å²) in [4.78, 5) is 2.47. The van der Waals surface area contributed by atoms with Gasteiger partial charge in [0, 0.05) is 18.3 Å². The Labute approximate surface area is 124 Å². The molecule has 0 spiro atoms. The number of nitrogens with zero attached hydrogens (tertiary/aromatic N) is 1. The third kappa shape index (κ3) is 3.99. The summed E-state index contributed by atoms with van der Waals surface area (Å²) in [5, 5.41) is 3.79. The smallest absolute Gasteiger partial charge is 0.0388 e. The van der Waals surface area contributed by atoms with E-state index in [-0.39, 0.29) is 0 Å². The lowest BCUT2D eigenvalue weighted by Gasteiger charge is -2.23. The zero-order valence-electron chi connectivity index (χ0n) is 13.6. The van der Waals surface area contributed by atoms with E-state index in [1.165, 1.54) is 30.5 Å². The van der Waals surface area contributed by atoms with Crippen LogP contribution < -0.4 is 5.32 Å². The molecule has 0 radical (unpaired) electrons. The molecule has 0 aliphatic heterocycles. The first-order valence-corrected chi connectivity index (χ1v) is 8.11. The predicted molar refractivity (Wildman–Crippen MR) is 88.1 cm³/mol. The van der Waals surface area contributed by atoms with Crippen LogP contribution in [0.1, 0.15) is 52.5 Å². The molecule has 0 saturated heterocycles. The van der Waals surface area contributed by atoms with Gasteiger partial charge < -0.3 is 5.32 Å². The maximum absolute atomic E-state index is 3.79. The van der Waals surface area contributed by atoms with Crippen molar-refractivity contribution in [1.29, 1.82) is 0 Å². The molecule has 1 aromatic rings. The maximum atomic E-state index is 3.79. The van der Waals surface area contributed by atoms with E-state index in [1.807, 2.05) is 0 Å². The molecular formula is C18H30N2. The van der Waals surface area contributed by atoms with E-state index in [2.05, 4.69) is 62.2 Å². The minimum atomic E-state index is 0.505. The molecule has 0 aromatic heterocycles. The van der Waals surface area contributed by atoms with Gasteiger partial charge in [0.15, 0.2) is 0 Å². The third-order valence-electron chi connectivity index (χ3n) is 4.63. The summed E-state index contributed by atoms with van der Waals surface area (Å²) in [7, 11) is 0. The minimum Gasteiger partial charge on any atom is -0.382 e. The molecule has 1 aromatic carbocycles. The lowest BCUT2D eigenvalue weighted by atomic mass is 9.92. The highest BCUT2D eigenvalue weighted by Crippen LogP contribution is 2.38. The van der Waals surface area contributed by atoms with Crippen LogP contribution >= 0.6 is 0 Å². The fourth-order valence-corrected chi connectivity index (χ4v) is 3.27. The topological polar surface area (TPSA) is 15.3 Å². The number of nitrogens with one attached hydrogen (secondary N) is 1. The van der Waals surface area contributed by atoms with Crippen molar-refractivity contribution in [2.24, 2.45) is 5.41 Å². The zero-order valence-corrected chi connectivity index (χ0v) is 13.6. The van der Waals surface area contributed by atoms with Crippen molar-refractivity contribution in [3.8, 4) is 0 Å². The Kier molecular flexibility index (Phi) is 5.09. The van der Waals surface area contributed by atoms with Gasteiger partial charge in [-0.15, -0.1) is 0 Å². The van der Waals surface area contributed by atoms with Crippen LogP contribution in [0.4, 0.5) is 5.69 Å². The van der Waals surface area contributed by atoms with Crippen molar-refractivity contribution in [2.45, 2.75) is 59.5 Å². The summed E-state index contributed by atoms with van der Waals surface area (Å²) in [6.45, 7) is 12.5. The van der Waals surface area contributed by atoms with Crippen molar-refractivity contribution < 1.29 is 0 Å². The molecule has 112 valence electrons. The number of hydrogen-bond acceptors (Lipinski definition) is 2. The van der Waals surface area contributed by atoms with Crippen molar-refractivity contribution in [1.82, 2.24) is 4.90 Å². The fraction of sp³-hybridized carbons (Fsp3) is 0.667. The average Bonchev–Trinajstić information content (AvgIpc) is 2.77. The standard InChI is InChI=1S/C18H30N2/c1-5-20(6-2)14-15-9-7-8-10-17(15)19-16-11-12-18(3,4)13-16/h7-10,16,19H,5-6,11-14H2,1-4H3. The predicted octanol–water partition coefficient (Wildman–Crippen LogP) is 4.52. The first-order chi connectivity index (χ1) is 9.54. The highest BCUT2D eigenvalue weighted by atomic mass is 15.1. The quantitative estimate of drug-likeness (QED) is 0.820. The summed E-state index contributed by atoms with van der Waals surface area (Å²) >= 11 is 0. The highest BCUT2D eigenvalue weighted by Gasteiger charge is 2.30. The van der Waals surface area contributed by atoms with E-state index >= 15 is 0 Å². The molecule has 0 heterocycles. The molecule has 1 N–H and O–H groups in total. The molecule has 1 atom stereocenters. The summed E-state index contributed by atoms with van der Waals surface area (Å²) in [6, 6.07) is 9.45. The first-order valence-electron chi connectivity index (χ1n) is 8.11. The van der Waals surface area contributed by atoms with Crippen molar-refractivity contribution in [3.05, 3.63) is 29.8 Å². The van der Waals surface area contributed by atoms with Gasteiger partial charge in [-0.05, 0) is 49.4 Å². The average molecular weight is 274 g/mol. The lowest BCUT2D eigenvalue weighted by Crippen LogP contribution is -2.24. The molecule has 1 saturated carbocycles. The van der Waals surface area contributed by atoms with Crippen LogP contribution in [0, 0.1) is 5.41 Å². The molecule has 2 nitrogen and oxygen atoms in total. The molecule has 2 heteroatoms. The van der Waals surface area contributed by atoms with Gasteiger partial charge >= 0.3 is 0 Å². The molecule has 2 rings (SSSR count). The van der Waals surface area contributed by atoms with Crippen LogP contribution in [-0.4, -0.2) is 24.0 Å². The monoisotopic (exact) mass is 274 g/mol. The minimum absolute atomic E-state index is 0.505. The van der Waals surface area contributed by atoms with Gasteiger partial charge in [-0.1, -0.05) is 45.9 Å². The summed E-state index contributed by atoms with van der Waals surface area (Å²) in [5.41, 5.74) is 3.27. The van der Waals surface area contributed by atoms with E-state index in [1.54, 1.807) is 0 Å². The number of anilines is 1. The van der Waals surface area contributed by atoms with Crippen LogP contribution in [0.15, 0.2) is 24.3 Å². The van der Waals surface area contributed by atoms with Gasteiger partial charge in [-0.3, -0.25) is 4.90 Å². The Morgan fingerprint density at radius 3 is 2.50 bits per heavy atom. The largest absolute Gasteiger partial charge is 0.382 e. The second kappa shape index (κ2) is 6.62. The summed E-state index contributed by atoms with van der Waals surface area (Å²) < 4.78 is 0. The Morgan fingerprint density at radius 2 is 1.90 bits per heavy atom. The molecule has 0 amide bonds. The number of rotatable bonds is 6. The Bertz CT molecular complexity index is 421. The molecule has 1 unspecified atom stereocenters. The summed E-state index contributed by atoms with van der Waals surface area (Å²) in [6.07, 6.45) is 3.92. The molecule has 1 aliphatic carbocycles. The van der Waals surface area contributed by atoms with Crippen LogP contribution in [0.5, 0.6) is 0 Å². The molecule has 20 heavy (non-hydrogen) atoms. The van der Waals surface area contributed by atoms with E-state index < -0.39 is 0 Å². The zero-order chi connectivity index (χ0) is 14.6. The maximum Gasteiger partial charge on any atom is 0.0388 e. The van der Waals surface area contributed by atoms with Gasteiger partial charge in [0.05, 0.1) is 0 Å². The number of hydrogen-bond donors (Lipinski definition) is 1. The Hall–Kier alpha value is -1.02. The molecule has 1 fully saturated rings. The van der Waals surface area contributed by atoms with E-state index in [0.29, 0.717) is 11.5 Å². The second-order valence-electron chi connectivity index (χ2n) is 6.87. The van der Waals surface area contributed by atoms with Gasteiger partial charge in [0.2, 0.25) is 0 Å². The van der Waals surface area contributed by atoms with Crippen LogP contribution in [-0.2, 0) is 6.54 Å². The van der Waals surface area contributed by atoms with Crippen LogP contribution in [0.25, 0.3) is 0 Å². The highest BCUT2D eigenvalue weighted by molar-refractivity contribution is 5.52. The van der Waals surface area contributed by atoms with Gasteiger partial charge in [-0.25, -0.2) is 0 Å². The normalized spacial score (nSPS) is 21.4. The summed E-state index contributed by atoms with van der Waals surface area (Å²) in [5.74, 6) is 0. The van der Waals surface area contributed by atoms with Gasteiger partial charge in [-0.2, -0.15) is 0 Å². The Morgan fingerprint density at radius 1 is 1.20 bits per heavy atom. The van der Waals surface area contributed by atoms with E-state index in [4.69, 9.17) is 0 Å². The second-order valence-corrected chi connectivity index (χ2v) is 6.87. The molecular weight excluding hydrogens is 244 g/mol. The number of benzene rings is 1. The SMILES string of the molecule is CCN(CC)Cc1ccccc1NC1CCC(C)(C)C1. The Balaban J connectivity index is 2.04. The lowest BCUT2D eigenvalue weighted by molar-refractivity contribution is 0.296. The van der Waals surface area contributed by atoms with Gasteiger partial charge in [0.1, 0.15) is 0 Å². The van der Waals surface area contributed by atoms with Gasteiger partial charge in [0.25, 0.3) is 0 Å². The van der Waals surface area contributed by atoms with Crippen molar-refractivity contribution in [3.63, 3.8) is 0 Å². The first kappa shape index (κ1) is 15.4. The van der Waals surface area contributed by atoms with Crippen LogP contribution in [0.2, 0.25) is 0 Å². The van der Waals surface area contributed by atoms with Crippen LogP contribution in [0.3, 0.4) is 0 Å². The fourth-order valence-electron chi connectivity index (χ4n) is 3.27.